The molecule has 0 atom stereocenters. The molecule has 5 heteroatoms. The lowest BCUT2D eigenvalue weighted by atomic mass is 10.0. The summed E-state index contributed by atoms with van der Waals surface area (Å²) in [6.07, 6.45) is 3.37. The van der Waals surface area contributed by atoms with Crippen LogP contribution in [0.4, 0.5) is 0 Å². The van der Waals surface area contributed by atoms with E-state index in [1.807, 2.05) is 47.4 Å². The average molecular weight is 390 g/mol. The first-order valence-electron chi connectivity index (χ1n) is 10.2. The van der Waals surface area contributed by atoms with E-state index in [4.69, 9.17) is 9.72 Å². The molecule has 1 fully saturated rings. The highest BCUT2D eigenvalue weighted by atomic mass is 16.5. The van der Waals surface area contributed by atoms with E-state index in [1.165, 1.54) is 6.42 Å². The molecule has 0 bridgehead atoms. The molecule has 1 aliphatic rings. The van der Waals surface area contributed by atoms with E-state index >= 15 is 0 Å². The lowest BCUT2D eigenvalue weighted by Gasteiger charge is -2.26. The SMILES string of the molecule is Cc1cc(-c2ccc(OCC(=O)N3CCCCC3)cc2)nc2cc(CO)ccc12. The Bertz CT molecular complexity index is 1010. The number of piperidine rings is 1. The molecule has 5 nitrogen and oxygen atoms in total. The van der Waals surface area contributed by atoms with Gasteiger partial charge in [-0.2, -0.15) is 0 Å². The third-order valence-electron chi connectivity index (χ3n) is 5.48. The first-order valence-corrected chi connectivity index (χ1v) is 10.2. The molecular weight excluding hydrogens is 364 g/mol. The molecule has 4 rings (SSSR count). The highest BCUT2D eigenvalue weighted by molar-refractivity contribution is 5.85. The largest absolute Gasteiger partial charge is 0.484 e. The summed E-state index contributed by atoms with van der Waals surface area (Å²) in [5, 5.41) is 10.5. The summed E-state index contributed by atoms with van der Waals surface area (Å²) in [7, 11) is 0. The van der Waals surface area contributed by atoms with E-state index in [9.17, 15) is 9.90 Å². The van der Waals surface area contributed by atoms with E-state index in [0.29, 0.717) is 5.75 Å². The number of hydrogen-bond acceptors (Lipinski definition) is 4. The molecule has 2 aromatic carbocycles. The number of likely N-dealkylation sites (tertiary alicyclic amines) is 1. The molecular formula is C24H26N2O3. The fourth-order valence-corrected chi connectivity index (χ4v) is 3.80. The Morgan fingerprint density at radius 1 is 1.07 bits per heavy atom. The molecule has 0 radical (unpaired) electrons. The number of hydrogen-bond donors (Lipinski definition) is 1. The maximum atomic E-state index is 12.2. The van der Waals surface area contributed by atoms with E-state index in [-0.39, 0.29) is 19.1 Å². The highest BCUT2D eigenvalue weighted by Crippen LogP contribution is 2.26. The number of carbonyl (C=O) groups is 1. The summed E-state index contributed by atoms with van der Waals surface area (Å²) in [5.41, 5.74) is 4.73. The molecule has 1 aromatic heterocycles. The zero-order chi connectivity index (χ0) is 20.2. The quantitative estimate of drug-likeness (QED) is 0.713. The Balaban J connectivity index is 1.48. The highest BCUT2D eigenvalue weighted by Gasteiger charge is 2.16. The number of benzene rings is 2. The predicted octanol–water partition coefficient (Wildman–Crippen LogP) is 4.09. The monoisotopic (exact) mass is 390 g/mol. The Labute approximate surface area is 170 Å². The van der Waals surface area contributed by atoms with Crippen LogP contribution in [0, 0.1) is 6.92 Å². The van der Waals surface area contributed by atoms with Gasteiger partial charge in [0.2, 0.25) is 0 Å². The van der Waals surface area contributed by atoms with Crippen LogP contribution >= 0.6 is 0 Å². The van der Waals surface area contributed by atoms with Crippen molar-refractivity contribution in [2.24, 2.45) is 0 Å². The molecule has 2 heterocycles. The van der Waals surface area contributed by atoms with E-state index in [0.717, 1.165) is 59.2 Å². The van der Waals surface area contributed by atoms with Crippen molar-refractivity contribution >= 4 is 16.8 Å². The molecule has 0 unspecified atom stereocenters. The Morgan fingerprint density at radius 3 is 2.55 bits per heavy atom. The third-order valence-corrected chi connectivity index (χ3v) is 5.48. The van der Waals surface area contributed by atoms with E-state index in [1.54, 1.807) is 0 Å². The zero-order valence-electron chi connectivity index (χ0n) is 16.7. The third kappa shape index (κ3) is 4.40. The van der Waals surface area contributed by atoms with Crippen LogP contribution in [0.3, 0.4) is 0 Å². The predicted molar refractivity (Wildman–Crippen MR) is 114 cm³/mol. The Hall–Kier alpha value is -2.92. The summed E-state index contributed by atoms with van der Waals surface area (Å²) in [6, 6.07) is 15.6. The lowest BCUT2D eigenvalue weighted by Crippen LogP contribution is -2.38. The summed E-state index contributed by atoms with van der Waals surface area (Å²) < 4.78 is 5.70. The summed E-state index contributed by atoms with van der Waals surface area (Å²) >= 11 is 0. The number of aryl methyl sites for hydroxylation is 1. The molecule has 1 aliphatic heterocycles. The van der Waals surface area contributed by atoms with Crippen LogP contribution < -0.4 is 4.74 Å². The second-order valence-electron chi connectivity index (χ2n) is 7.59. The minimum absolute atomic E-state index is 0.00306. The lowest BCUT2D eigenvalue weighted by molar-refractivity contribution is -0.134. The molecule has 0 saturated carbocycles. The maximum Gasteiger partial charge on any atom is 0.260 e. The Kier molecular flexibility index (Phi) is 5.76. The first kappa shape index (κ1) is 19.4. The van der Waals surface area contributed by atoms with Crippen LogP contribution in [-0.2, 0) is 11.4 Å². The molecule has 0 aliphatic carbocycles. The van der Waals surface area contributed by atoms with Crippen molar-refractivity contribution in [3.05, 3.63) is 59.7 Å². The van der Waals surface area contributed by atoms with Crippen molar-refractivity contribution in [1.82, 2.24) is 9.88 Å². The number of aliphatic hydroxyl groups excluding tert-OH is 1. The van der Waals surface area contributed by atoms with Crippen LogP contribution in [0.25, 0.3) is 22.2 Å². The number of carbonyl (C=O) groups excluding carboxylic acids is 1. The second-order valence-corrected chi connectivity index (χ2v) is 7.59. The van der Waals surface area contributed by atoms with Gasteiger partial charge in [-0.05, 0) is 73.7 Å². The minimum atomic E-state index is 0.00306. The van der Waals surface area contributed by atoms with Crippen molar-refractivity contribution in [3.8, 4) is 17.0 Å². The van der Waals surface area contributed by atoms with E-state index in [2.05, 4.69) is 13.0 Å². The average Bonchev–Trinajstić information content (AvgIpc) is 2.78. The minimum Gasteiger partial charge on any atom is -0.484 e. The number of aromatic nitrogens is 1. The maximum absolute atomic E-state index is 12.2. The molecule has 1 saturated heterocycles. The van der Waals surface area contributed by atoms with Gasteiger partial charge in [-0.3, -0.25) is 4.79 Å². The standard InChI is InChI=1S/C24H26N2O3/c1-17-13-22(25-23-14-18(15-27)5-10-21(17)23)19-6-8-20(9-7-19)29-16-24(28)26-11-3-2-4-12-26/h5-10,13-14,27H,2-4,11-12,15-16H2,1H3. The van der Waals surface area contributed by atoms with E-state index < -0.39 is 0 Å². The number of ether oxygens (including phenoxy) is 1. The van der Waals surface area contributed by atoms with Crippen molar-refractivity contribution in [3.63, 3.8) is 0 Å². The van der Waals surface area contributed by atoms with Gasteiger partial charge in [-0.15, -0.1) is 0 Å². The molecule has 1 amide bonds. The van der Waals surface area contributed by atoms with Gasteiger partial charge in [-0.25, -0.2) is 4.98 Å². The van der Waals surface area contributed by atoms with Gasteiger partial charge < -0.3 is 14.7 Å². The normalized spacial score (nSPS) is 14.2. The van der Waals surface area contributed by atoms with Gasteiger partial charge in [0.25, 0.3) is 5.91 Å². The van der Waals surface area contributed by atoms with Crippen LogP contribution in [0.2, 0.25) is 0 Å². The number of aliphatic hydroxyl groups is 1. The van der Waals surface area contributed by atoms with Gasteiger partial charge in [0.1, 0.15) is 5.75 Å². The number of amides is 1. The Morgan fingerprint density at radius 2 is 1.83 bits per heavy atom. The summed E-state index contributed by atoms with van der Waals surface area (Å²) in [5.74, 6) is 0.736. The second kappa shape index (κ2) is 8.62. The molecule has 0 spiro atoms. The first-order chi connectivity index (χ1) is 14.1. The molecule has 150 valence electrons. The number of pyridine rings is 1. The smallest absolute Gasteiger partial charge is 0.260 e. The van der Waals surface area contributed by atoms with Crippen LogP contribution in [0.1, 0.15) is 30.4 Å². The number of fused-ring (bicyclic) bond motifs is 1. The fourth-order valence-electron chi connectivity index (χ4n) is 3.80. The molecule has 1 N–H and O–H groups in total. The van der Waals surface area contributed by atoms with Crippen LogP contribution in [-0.4, -0.2) is 40.6 Å². The summed E-state index contributed by atoms with van der Waals surface area (Å²) in [4.78, 5) is 18.9. The van der Waals surface area contributed by atoms with Gasteiger partial charge in [0.05, 0.1) is 17.8 Å². The number of nitrogens with zero attached hydrogens (tertiary/aromatic N) is 2. The molecule has 3 aromatic rings. The van der Waals surface area contributed by atoms with Crippen molar-refractivity contribution in [1.29, 1.82) is 0 Å². The van der Waals surface area contributed by atoms with Crippen molar-refractivity contribution < 1.29 is 14.6 Å². The summed E-state index contributed by atoms with van der Waals surface area (Å²) in [6.45, 7) is 3.83. The fraction of sp³-hybridized carbons (Fsp3) is 0.333. The van der Waals surface area contributed by atoms with Gasteiger partial charge in [0.15, 0.2) is 6.61 Å². The van der Waals surface area contributed by atoms with Crippen LogP contribution in [0.5, 0.6) is 5.75 Å². The van der Waals surface area contributed by atoms with Gasteiger partial charge >= 0.3 is 0 Å². The molecule has 29 heavy (non-hydrogen) atoms. The topological polar surface area (TPSA) is 62.7 Å². The van der Waals surface area contributed by atoms with Gasteiger partial charge in [-0.1, -0.05) is 12.1 Å². The van der Waals surface area contributed by atoms with Crippen LogP contribution in [0.15, 0.2) is 48.5 Å². The van der Waals surface area contributed by atoms with Crippen molar-refractivity contribution in [2.45, 2.75) is 32.8 Å². The van der Waals surface area contributed by atoms with Crippen molar-refractivity contribution in [2.75, 3.05) is 19.7 Å². The number of rotatable bonds is 5. The van der Waals surface area contributed by atoms with Gasteiger partial charge in [0, 0.05) is 24.0 Å². The zero-order valence-corrected chi connectivity index (χ0v) is 16.7.